The number of aromatic nitrogens is 2. The fourth-order valence-electron chi connectivity index (χ4n) is 2.90. The van der Waals surface area contributed by atoms with E-state index >= 15 is 0 Å². The van der Waals surface area contributed by atoms with Crippen molar-refractivity contribution >= 4 is 22.7 Å². The van der Waals surface area contributed by atoms with E-state index in [9.17, 15) is 0 Å². The van der Waals surface area contributed by atoms with Crippen molar-refractivity contribution in [2.24, 2.45) is 0 Å². The first kappa shape index (κ1) is 16.0. The summed E-state index contributed by atoms with van der Waals surface area (Å²) in [6.07, 6.45) is 1.06. The van der Waals surface area contributed by atoms with Crippen LogP contribution in [-0.4, -0.2) is 65.8 Å². The van der Waals surface area contributed by atoms with Gasteiger partial charge in [-0.25, -0.2) is 4.98 Å². The maximum absolute atomic E-state index is 9.05. The van der Waals surface area contributed by atoms with E-state index < -0.39 is 0 Å². The van der Waals surface area contributed by atoms with E-state index in [2.05, 4.69) is 28.1 Å². The van der Waals surface area contributed by atoms with Gasteiger partial charge < -0.3 is 15.3 Å². The largest absolute Gasteiger partial charge is 0.395 e. The lowest BCUT2D eigenvalue weighted by atomic mass is 10.2. The Hall–Kier alpha value is -1.92. The summed E-state index contributed by atoms with van der Waals surface area (Å²) in [4.78, 5) is 14.0. The van der Waals surface area contributed by atoms with Gasteiger partial charge in [-0.3, -0.25) is 4.90 Å². The van der Waals surface area contributed by atoms with Gasteiger partial charge in [-0.15, -0.1) is 0 Å². The van der Waals surface area contributed by atoms with Crippen molar-refractivity contribution in [3.05, 3.63) is 24.3 Å². The molecule has 1 aromatic heterocycles. The van der Waals surface area contributed by atoms with Crippen molar-refractivity contribution in [2.75, 3.05) is 56.1 Å². The minimum absolute atomic E-state index is 0.220. The van der Waals surface area contributed by atoms with Crippen LogP contribution >= 0.6 is 0 Å². The molecule has 6 heteroatoms. The van der Waals surface area contributed by atoms with E-state index in [0.717, 1.165) is 68.4 Å². The number of hydrogen-bond donors (Lipinski definition) is 2. The van der Waals surface area contributed by atoms with Crippen LogP contribution < -0.4 is 10.2 Å². The molecule has 6 nitrogen and oxygen atoms in total. The average Bonchev–Trinajstić information content (AvgIpc) is 2.60. The minimum Gasteiger partial charge on any atom is -0.395 e. The lowest BCUT2D eigenvalue weighted by Gasteiger charge is -2.34. The monoisotopic (exact) mass is 315 g/mol. The smallest absolute Gasteiger partial charge is 0.227 e. The van der Waals surface area contributed by atoms with Gasteiger partial charge in [0.1, 0.15) is 5.82 Å². The maximum Gasteiger partial charge on any atom is 0.227 e. The zero-order valence-electron chi connectivity index (χ0n) is 13.7. The van der Waals surface area contributed by atoms with E-state index in [0.29, 0.717) is 0 Å². The SMILES string of the molecule is CCCNc1nc(N2CCN(CCO)CC2)nc2ccccc12. The molecular formula is C17H25N5O. The minimum atomic E-state index is 0.220. The summed E-state index contributed by atoms with van der Waals surface area (Å²) in [5.74, 6) is 1.72. The molecule has 1 aliphatic heterocycles. The normalized spacial score (nSPS) is 16.0. The highest BCUT2D eigenvalue weighted by Gasteiger charge is 2.19. The second-order valence-electron chi connectivity index (χ2n) is 5.87. The van der Waals surface area contributed by atoms with Crippen LogP contribution in [0.15, 0.2) is 24.3 Å². The predicted molar refractivity (Wildman–Crippen MR) is 94.1 cm³/mol. The number of piperazine rings is 1. The molecule has 2 aromatic rings. The van der Waals surface area contributed by atoms with Crippen molar-refractivity contribution in [1.82, 2.24) is 14.9 Å². The molecule has 1 aromatic carbocycles. The first-order valence-electron chi connectivity index (χ1n) is 8.40. The Balaban J connectivity index is 1.83. The van der Waals surface area contributed by atoms with Crippen LogP contribution in [0.25, 0.3) is 10.9 Å². The van der Waals surface area contributed by atoms with Crippen LogP contribution in [0.4, 0.5) is 11.8 Å². The standard InChI is InChI=1S/C17H25N5O/c1-2-7-18-16-14-5-3-4-6-15(14)19-17(20-16)22-10-8-21(9-11-22)12-13-23/h3-6,23H,2,7-13H2,1H3,(H,18,19,20). The van der Waals surface area contributed by atoms with Gasteiger partial charge in [-0.05, 0) is 18.6 Å². The summed E-state index contributed by atoms with van der Waals surface area (Å²) >= 11 is 0. The Morgan fingerprint density at radius 3 is 2.65 bits per heavy atom. The maximum atomic E-state index is 9.05. The predicted octanol–water partition coefficient (Wildman–Crippen LogP) is 1.57. The van der Waals surface area contributed by atoms with Crippen LogP contribution in [0.3, 0.4) is 0 Å². The van der Waals surface area contributed by atoms with Gasteiger partial charge in [0.2, 0.25) is 5.95 Å². The van der Waals surface area contributed by atoms with Crippen molar-refractivity contribution in [1.29, 1.82) is 0 Å². The van der Waals surface area contributed by atoms with E-state index in [1.54, 1.807) is 0 Å². The number of anilines is 2. The third-order valence-electron chi connectivity index (χ3n) is 4.21. The second-order valence-corrected chi connectivity index (χ2v) is 5.87. The Bertz CT molecular complexity index is 640. The van der Waals surface area contributed by atoms with Crippen LogP contribution in [0.1, 0.15) is 13.3 Å². The number of benzene rings is 1. The lowest BCUT2D eigenvalue weighted by Crippen LogP contribution is -2.47. The Morgan fingerprint density at radius 2 is 1.91 bits per heavy atom. The van der Waals surface area contributed by atoms with Crippen LogP contribution in [-0.2, 0) is 0 Å². The number of fused-ring (bicyclic) bond motifs is 1. The van der Waals surface area contributed by atoms with Gasteiger partial charge in [-0.2, -0.15) is 4.98 Å². The molecule has 23 heavy (non-hydrogen) atoms. The number of aliphatic hydroxyl groups is 1. The zero-order valence-corrected chi connectivity index (χ0v) is 13.7. The second kappa shape index (κ2) is 7.57. The van der Waals surface area contributed by atoms with Gasteiger partial charge in [-0.1, -0.05) is 19.1 Å². The lowest BCUT2D eigenvalue weighted by molar-refractivity contribution is 0.188. The van der Waals surface area contributed by atoms with Gasteiger partial charge in [0.25, 0.3) is 0 Å². The third-order valence-corrected chi connectivity index (χ3v) is 4.21. The fraction of sp³-hybridized carbons (Fsp3) is 0.529. The molecule has 0 aliphatic carbocycles. The molecule has 0 unspecified atom stereocenters. The Morgan fingerprint density at radius 1 is 1.13 bits per heavy atom. The molecule has 0 radical (unpaired) electrons. The highest BCUT2D eigenvalue weighted by molar-refractivity contribution is 5.90. The van der Waals surface area contributed by atoms with E-state index in [1.165, 1.54) is 0 Å². The molecule has 3 rings (SSSR count). The van der Waals surface area contributed by atoms with Crippen LogP contribution in [0.5, 0.6) is 0 Å². The summed E-state index contributed by atoms with van der Waals surface area (Å²) in [5.41, 5.74) is 0.980. The van der Waals surface area contributed by atoms with Gasteiger partial charge in [0, 0.05) is 44.7 Å². The molecule has 0 bridgehead atoms. The van der Waals surface area contributed by atoms with Crippen molar-refractivity contribution < 1.29 is 5.11 Å². The number of β-amino-alcohol motifs (C(OH)–C–C–N with tert-alkyl or cyclic N) is 1. The summed E-state index contributed by atoms with van der Waals surface area (Å²) < 4.78 is 0. The number of aliphatic hydroxyl groups excluding tert-OH is 1. The average molecular weight is 315 g/mol. The molecule has 2 heterocycles. The molecule has 0 atom stereocenters. The summed E-state index contributed by atoms with van der Waals surface area (Å²) in [6, 6.07) is 8.15. The van der Waals surface area contributed by atoms with Gasteiger partial charge in [0.15, 0.2) is 0 Å². The highest BCUT2D eigenvalue weighted by atomic mass is 16.3. The Labute approximate surface area is 137 Å². The zero-order chi connectivity index (χ0) is 16.1. The molecule has 0 spiro atoms. The Kier molecular flexibility index (Phi) is 5.25. The first-order chi connectivity index (χ1) is 11.3. The molecule has 1 saturated heterocycles. The summed E-state index contributed by atoms with van der Waals surface area (Å²) in [5, 5.41) is 13.5. The number of nitrogens with zero attached hydrogens (tertiary/aromatic N) is 4. The van der Waals surface area contributed by atoms with Gasteiger partial charge in [0.05, 0.1) is 12.1 Å². The highest BCUT2D eigenvalue weighted by Crippen LogP contribution is 2.24. The summed E-state index contributed by atoms with van der Waals surface area (Å²) in [6.45, 7) is 7.69. The quantitative estimate of drug-likeness (QED) is 0.843. The van der Waals surface area contributed by atoms with Crippen molar-refractivity contribution in [3.63, 3.8) is 0 Å². The molecule has 2 N–H and O–H groups in total. The van der Waals surface area contributed by atoms with Crippen LogP contribution in [0, 0.1) is 0 Å². The third kappa shape index (κ3) is 3.71. The van der Waals surface area contributed by atoms with E-state index in [-0.39, 0.29) is 6.61 Å². The number of rotatable bonds is 6. The van der Waals surface area contributed by atoms with Crippen LogP contribution in [0.2, 0.25) is 0 Å². The molecule has 0 saturated carbocycles. The molecule has 1 aliphatic rings. The van der Waals surface area contributed by atoms with Crippen molar-refractivity contribution in [3.8, 4) is 0 Å². The number of nitrogens with one attached hydrogen (secondary N) is 1. The number of hydrogen-bond acceptors (Lipinski definition) is 6. The van der Waals surface area contributed by atoms with Crippen molar-refractivity contribution in [2.45, 2.75) is 13.3 Å². The molecular weight excluding hydrogens is 290 g/mol. The van der Waals surface area contributed by atoms with Gasteiger partial charge >= 0.3 is 0 Å². The fourth-order valence-corrected chi connectivity index (χ4v) is 2.90. The molecule has 0 amide bonds. The first-order valence-corrected chi connectivity index (χ1v) is 8.40. The topological polar surface area (TPSA) is 64.5 Å². The number of para-hydroxylation sites is 1. The van der Waals surface area contributed by atoms with E-state index in [4.69, 9.17) is 15.1 Å². The van der Waals surface area contributed by atoms with E-state index in [1.807, 2.05) is 18.2 Å². The molecule has 124 valence electrons. The summed E-state index contributed by atoms with van der Waals surface area (Å²) in [7, 11) is 0. The molecule has 1 fully saturated rings.